The van der Waals surface area contributed by atoms with Crippen LogP contribution in [0.2, 0.25) is 0 Å². The number of rotatable bonds is 6. The standard InChI is InChI=1S/C22H25FN2O4S/c1-16-6-9-18(23)15-19(16)24-22(26)11-8-17-7-10-20(29-2)21(14-17)30(27,28)25-12-4-3-5-13-25/h6-11,14-15H,3-5,12-13H2,1-2H3,(H,24,26). The SMILES string of the molecule is COc1ccc(C=CC(=O)Nc2cc(F)ccc2C)cc1S(=O)(=O)N1CCCCC1. The summed E-state index contributed by atoms with van der Waals surface area (Å²) in [5.41, 5.74) is 1.66. The van der Waals surface area contributed by atoms with E-state index in [2.05, 4.69) is 5.32 Å². The average molecular weight is 433 g/mol. The Bertz CT molecular complexity index is 1060. The molecule has 3 rings (SSSR count). The van der Waals surface area contributed by atoms with Gasteiger partial charge in [0.2, 0.25) is 15.9 Å². The van der Waals surface area contributed by atoms with E-state index in [1.165, 1.54) is 41.8 Å². The fraction of sp³-hybridized carbons (Fsp3) is 0.318. The molecule has 6 nitrogen and oxygen atoms in total. The Morgan fingerprint density at radius 2 is 1.87 bits per heavy atom. The van der Waals surface area contributed by atoms with Crippen LogP contribution in [0.4, 0.5) is 10.1 Å². The maximum atomic E-state index is 13.4. The van der Waals surface area contributed by atoms with Crippen LogP contribution in [0.15, 0.2) is 47.4 Å². The van der Waals surface area contributed by atoms with Crippen molar-refractivity contribution in [1.29, 1.82) is 0 Å². The number of carbonyl (C=O) groups is 1. The third-order valence-corrected chi connectivity index (χ3v) is 6.93. The van der Waals surface area contributed by atoms with Gasteiger partial charge in [-0.25, -0.2) is 12.8 Å². The van der Waals surface area contributed by atoms with Crippen LogP contribution in [0.1, 0.15) is 30.4 Å². The number of halogens is 1. The number of amides is 1. The molecule has 2 aromatic rings. The van der Waals surface area contributed by atoms with Crippen LogP contribution >= 0.6 is 0 Å². The molecule has 1 aliphatic heterocycles. The van der Waals surface area contributed by atoms with E-state index in [0.29, 0.717) is 24.3 Å². The van der Waals surface area contributed by atoms with E-state index in [1.807, 2.05) is 0 Å². The number of sulfonamides is 1. The van der Waals surface area contributed by atoms with Crippen molar-refractivity contribution in [3.63, 3.8) is 0 Å². The van der Waals surface area contributed by atoms with Gasteiger partial charge in [-0.3, -0.25) is 4.79 Å². The third-order valence-electron chi connectivity index (χ3n) is 5.01. The molecule has 0 atom stereocenters. The Balaban J connectivity index is 1.82. The highest BCUT2D eigenvalue weighted by atomic mass is 32.2. The molecular formula is C22H25FN2O4S. The highest BCUT2D eigenvalue weighted by molar-refractivity contribution is 7.89. The van der Waals surface area contributed by atoms with Gasteiger partial charge in [0, 0.05) is 24.9 Å². The van der Waals surface area contributed by atoms with Crippen molar-refractivity contribution >= 4 is 27.7 Å². The smallest absolute Gasteiger partial charge is 0.248 e. The maximum Gasteiger partial charge on any atom is 0.248 e. The lowest BCUT2D eigenvalue weighted by Gasteiger charge is -2.26. The molecule has 0 bridgehead atoms. The summed E-state index contributed by atoms with van der Waals surface area (Å²) in [4.78, 5) is 12.3. The quantitative estimate of drug-likeness (QED) is 0.701. The molecule has 0 unspecified atom stereocenters. The first kappa shape index (κ1) is 22.0. The van der Waals surface area contributed by atoms with Crippen LogP contribution in [-0.2, 0) is 14.8 Å². The molecule has 1 amide bonds. The van der Waals surface area contributed by atoms with E-state index in [9.17, 15) is 17.6 Å². The number of carbonyl (C=O) groups excluding carboxylic acids is 1. The van der Waals surface area contributed by atoms with Crippen molar-refractivity contribution in [2.45, 2.75) is 31.1 Å². The van der Waals surface area contributed by atoms with Gasteiger partial charge >= 0.3 is 0 Å². The summed E-state index contributed by atoms with van der Waals surface area (Å²) in [6.45, 7) is 2.74. The minimum absolute atomic E-state index is 0.0791. The van der Waals surface area contributed by atoms with Gasteiger partial charge in [0.1, 0.15) is 16.5 Å². The first-order valence-electron chi connectivity index (χ1n) is 9.74. The number of aryl methyl sites for hydroxylation is 1. The van der Waals surface area contributed by atoms with Crippen LogP contribution in [0.5, 0.6) is 5.75 Å². The number of piperidine rings is 1. The Hall–Kier alpha value is -2.71. The Morgan fingerprint density at radius 3 is 2.57 bits per heavy atom. The van der Waals surface area contributed by atoms with Crippen LogP contribution in [0.25, 0.3) is 6.08 Å². The number of benzene rings is 2. The van der Waals surface area contributed by atoms with Gasteiger partial charge < -0.3 is 10.1 Å². The Morgan fingerprint density at radius 1 is 1.13 bits per heavy atom. The van der Waals surface area contributed by atoms with Gasteiger partial charge in [-0.1, -0.05) is 18.6 Å². The predicted molar refractivity (Wildman–Crippen MR) is 114 cm³/mol. The number of nitrogens with one attached hydrogen (secondary N) is 1. The largest absolute Gasteiger partial charge is 0.495 e. The molecule has 0 spiro atoms. The van der Waals surface area contributed by atoms with Gasteiger partial charge in [-0.15, -0.1) is 0 Å². The molecule has 0 saturated carbocycles. The number of ether oxygens (including phenoxy) is 1. The summed E-state index contributed by atoms with van der Waals surface area (Å²) in [6, 6.07) is 8.90. The summed E-state index contributed by atoms with van der Waals surface area (Å²) in [7, 11) is -2.27. The van der Waals surface area contributed by atoms with Gasteiger partial charge in [-0.05, 0) is 61.2 Å². The third kappa shape index (κ3) is 5.06. The molecular weight excluding hydrogens is 407 g/mol. The van der Waals surface area contributed by atoms with Gasteiger partial charge in [0.25, 0.3) is 0 Å². The zero-order valence-electron chi connectivity index (χ0n) is 17.0. The second kappa shape index (κ2) is 9.40. The van der Waals surface area contributed by atoms with Gasteiger partial charge in [-0.2, -0.15) is 4.31 Å². The summed E-state index contributed by atoms with van der Waals surface area (Å²) in [5, 5.41) is 2.62. The van der Waals surface area contributed by atoms with Crippen molar-refractivity contribution in [2.24, 2.45) is 0 Å². The summed E-state index contributed by atoms with van der Waals surface area (Å²) < 4.78 is 46.3. The summed E-state index contributed by atoms with van der Waals surface area (Å²) >= 11 is 0. The van der Waals surface area contributed by atoms with Gasteiger partial charge in [0.05, 0.1) is 7.11 Å². The topological polar surface area (TPSA) is 75.7 Å². The zero-order valence-corrected chi connectivity index (χ0v) is 17.8. The molecule has 160 valence electrons. The van der Waals surface area contributed by atoms with Crippen LogP contribution in [-0.4, -0.2) is 38.8 Å². The van der Waals surface area contributed by atoms with E-state index in [1.54, 1.807) is 25.1 Å². The van der Waals surface area contributed by atoms with E-state index < -0.39 is 21.7 Å². The van der Waals surface area contributed by atoms with Crippen molar-refractivity contribution < 1.29 is 22.3 Å². The zero-order chi connectivity index (χ0) is 21.7. The fourth-order valence-corrected chi connectivity index (χ4v) is 5.03. The highest BCUT2D eigenvalue weighted by Gasteiger charge is 2.29. The van der Waals surface area contributed by atoms with Crippen molar-refractivity contribution in [2.75, 3.05) is 25.5 Å². The number of nitrogens with zero attached hydrogens (tertiary/aromatic N) is 1. The van der Waals surface area contributed by atoms with Crippen molar-refractivity contribution in [3.05, 3.63) is 59.4 Å². The molecule has 1 N–H and O–H groups in total. The molecule has 0 aromatic heterocycles. The second-order valence-corrected chi connectivity index (χ2v) is 9.06. The van der Waals surface area contributed by atoms with Crippen molar-refractivity contribution in [3.8, 4) is 5.75 Å². The molecule has 30 heavy (non-hydrogen) atoms. The number of methoxy groups -OCH3 is 1. The molecule has 0 aliphatic carbocycles. The predicted octanol–water partition coefficient (Wildman–Crippen LogP) is 3.97. The van der Waals surface area contributed by atoms with E-state index in [-0.39, 0.29) is 10.6 Å². The first-order chi connectivity index (χ1) is 14.3. The summed E-state index contributed by atoms with van der Waals surface area (Å²) in [5.74, 6) is -0.625. The molecule has 0 radical (unpaired) electrons. The normalized spacial score (nSPS) is 15.3. The molecule has 1 aliphatic rings. The van der Waals surface area contributed by atoms with E-state index >= 15 is 0 Å². The molecule has 8 heteroatoms. The molecule has 1 heterocycles. The molecule has 1 saturated heterocycles. The lowest BCUT2D eigenvalue weighted by molar-refractivity contribution is -0.111. The minimum atomic E-state index is -3.69. The maximum absolute atomic E-state index is 13.4. The first-order valence-corrected chi connectivity index (χ1v) is 11.2. The van der Waals surface area contributed by atoms with Crippen LogP contribution in [0.3, 0.4) is 0 Å². The number of anilines is 1. The highest BCUT2D eigenvalue weighted by Crippen LogP contribution is 2.30. The van der Waals surface area contributed by atoms with E-state index in [0.717, 1.165) is 24.8 Å². The molecule has 2 aromatic carbocycles. The number of hydrogen-bond acceptors (Lipinski definition) is 4. The molecule has 1 fully saturated rings. The lowest BCUT2D eigenvalue weighted by Crippen LogP contribution is -2.35. The average Bonchev–Trinajstić information content (AvgIpc) is 2.75. The lowest BCUT2D eigenvalue weighted by atomic mass is 10.2. The minimum Gasteiger partial charge on any atom is -0.495 e. The van der Waals surface area contributed by atoms with Crippen LogP contribution in [0, 0.1) is 12.7 Å². The summed E-state index contributed by atoms with van der Waals surface area (Å²) in [6.07, 6.45) is 5.48. The second-order valence-electron chi connectivity index (χ2n) is 7.16. The Labute approximate surface area is 176 Å². The monoisotopic (exact) mass is 432 g/mol. The van der Waals surface area contributed by atoms with Gasteiger partial charge in [0.15, 0.2) is 0 Å². The fourth-order valence-electron chi connectivity index (χ4n) is 3.32. The van der Waals surface area contributed by atoms with Crippen molar-refractivity contribution in [1.82, 2.24) is 4.31 Å². The van der Waals surface area contributed by atoms with Crippen LogP contribution < -0.4 is 10.1 Å². The van der Waals surface area contributed by atoms with E-state index in [4.69, 9.17) is 4.74 Å². The Kier molecular flexibility index (Phi) is 6.89. The number of hydrogen-bond donors (Lipinski definition) is 1.